The molecule has 0 bridgehead atoms. The molecular formula is C22H25N3O2S3. The molecule has 0 N–H and O–H groups in total. The molecular weight excluding hydrogens is 434 g/mol. The van der Waals surface area contributed by atoms with Crippen LogP contribution in [0.2, 0.25) is 0 Å². The summed E-state index contributed by atoms with van der Waals surface area (Å²) in [6.07, 6.45) is 4.10. The first-order valence-corrected chi connectivity index (χ1v) is 13.2. The van der Waals surface area contributed by atoms with Gasteiger partial charge in [-0.2, -0.15) is 0 Å². The van der Waals surface area contributed by atoms with Crippen molar-refractivity contribution >= 4 is 56.1 Å². The summed E-state index contributed by atoms with van der Waals surface area (Å²) in [4.78, 5) is 24.9. The molecule has 0 unspecified atom stereocenters. The largest absolute Gasteiger partial charge is 0.379 e. The Hall–Kier alpha value is -1.58. The van der Waals surface area contributed by atoms with Crippen molar-refractivity contribution in [1.29, 1.82) is 0 Å². The second kappa shape index (κ2) is 10.2. The maximum atomic E-state index is 13.5. The Morgan fingerprint density at radius 2 is 1.90 bits per heavy atom. The summed E-state index contributed by atoms with van der Waals surface area (Å²) in [6, 6.07) is 14.0. The van der Waals surface area contributed by atoms with Crippen molar-refractivity contribution in [2.75, 3.05) is 56.8 Å². The van der Waals surface area contributed by atoms with Crippen molar-refractivity contribution in [3.63, 3.8) is 0 Å². The second-order valence-corrected chi connectivity index (χ2v) is 9.68. The van der Waals surface area contributed by atoms with Crippen LogP contribution in [-0.2, 0) is 4.74 Å². The SMILES string of the molecule is CSc1ccc(C(=O)N(CCN2CCOCC2)c2nc3c(SC)cccc3s2)cc1. The van der Waals surface area contributed by atoms with Crippen LogP contribution in [0, 0.1) is 0 Å². The van der Waals surface area contributed by atoms with E-state index in [0.29, 0.717) is 12.1 Å². The van der Waals surface area contributed by atoms with E-state index in [0.717, 1.165) is 58.0 Å². The molecule has 1 amide bonds. The number of ether oxygens (including phenoxy) is 1. The van der Waals surface area contributed by atoms with Crippen LogP contribution < -0.4 is 4.90 Å². The Morgan fingerprint density at radius 3 is 2.60 bits per heavy atom. The van der Waals surface area contributed by atoms with Gasteiger partial charge in [0.05, 0.1) is 23.4 Å². The van der Waals surface area contributed by atoms with Gasteiger partial charge in [0.2, 0.25) is 0 Å². The van der Waals surface area contributed by atoms with E-state index in [4.69, 9.17) is 9.72 Å². The number of para-hydroxylation sites is 1. The minimum atomic E-state index is 0.000621. The highest BCUT2D eigenvalue weighted by Gasteiger charge is 2.23. The third-order valence-corrected chi connectivity index (χ3v) is 7.70. The molecule has 1 aliphatic rings. The van der Waals surface area contributed by atoms with Gasteiger partial charge in [0.15, 0.2) is 5.13 Å². The zero-order valence-electron chi connectivity index (χ0n) is 17.2. The van der Waals surface area contributed by atoms with Crippen molar-refractivity contribution in [2.45, 2.75) is 9.79 Å². The van der Waals surface area contributed by atoms with Crippen molar-refractivity contribution < 1.29 is 9.53 Å². The molecule has 0 saturated carbocycles. The molecule has 2 heterocycles. The number of carbonyl (C=O) groups excluding carboxylic acids is 1. The smallest absolute Gasteiger partial charge is 0.260 e. The predicted octanol–water partition coefficient (Wildman–Crippen LogP) is 4.72. The number of thiazole rings is 1. The zero-order chi connectivity index (χ0) is 20.9. The number of hydrogen-bond acceptors (Lipinski definition) is 7. The maximum absolute atomic E-state index is 13.5. The number of anilines is 1. The van der Waals surface area contributed by atoms with Crippen LogP contribution >= 0.6 is 34.9 Å². The third kappa shape index (κ3) is 4.84. The second-order valence-electron chi connectivity index (χ2n) is 6.94. The van der Waals surface area contributed by atoms with E-state index in [2.05, 4.69) is 29.4 Å². The van der Waals surface area contributed by atoms with E-state index < -0.39 is 0 Å². The molecule has 5 nitrogen and oxygen atoms in total. The highest BCUT2D eigenvalue weighted by Crippen LogP contribution is 2.34. The average molecular weight is 460 g/mol. The molecule has 4 rings (SSSR count). The number of amides is 1. The Kier molecular flexibility index (Phi) is 7.32. The van der Waals surface area contributed by atoms with Crippen LogP contribution in [0.4, 0.5) is 5.13 Å². The molecule has 3 aromatic rings. The topological polar surface area (TPSA) is 45.7 Å². The first-order chi connectivity index (χ1) is 14.7. The number of fused-ring (bicyclic) bond motifs is 1. The molecule has 2 aromatic carbocycles. The van der Waals surface area contributed by atoms with E-state index in [9.17, 15) is 4.79 Å². The third-order valence-electron chi connectivity index (χ3n) is 5.15. The van der Waals surface area contributed by atoms with E-state index in [-0.39, 0.29) is 5.91 Å². The molecule has 1 aliphatic heterocycles. The van der Waals surface area contributed by atoms with Crippen LogP contribution in [-0.4, -0.2) is 67.7 Å². The van der Waals surface area contributed by atoms with Gasteiger partial charge in [-0.3, -0.25) is 14.6 Å². The standard InChI is InChI=1S/C22H25N3O2S3/c1-28-17-8-6-16(7-9-17)21(26)25(11-10-24-12-14-27-15-13-24)22-23-20-18(29-2)4-3-5-19(20)30-22/h3-9H,10-15H2,1-2H3. The number of nitrogens with zero attached hydrogens (tertiary/aromatic N) is 3. The van der Waals surface area contributed by atoms with E-state index in [1.165, 1.54) is 0 Å². The molecule has 30 heavy (non-hydrogen) atoms. The minimum Gasteiger partial charge on any atom is -0.379 e. The summed E-state index contributed by atoms with van der Waals surface area (Å²) >= 11 is 4.94. The number of thioether (sulfide) groups is 2. The van der Waals surface area contributed by atoms with Crippen LogP contribution in [0.25, 0.3) is 10.2 Å². The van der Waals surface area contributed by atoms with E-state index in [1.807, 2.05) is 35.4 Å². The fourth-order valence-corrected chi connectivity index (χ4v) is 5.48. The van der Waals surface area contributed by atoms with Crippen molar-refractivity contribution in [2.24, 2.45) is 0 Å². The first kappa shape index (κ1) is 21.6. The van der Waals surface area contributed by atoms with Crippen LogP contribution in [0.5, 0.6) is 0 Å². The summed E-state index contributed by atoms with van der Waals surface area (Å²) in [5.41, 5.74) is 1.67. The monoisotopic (exact) mass is 459 g/mol. The highest BCUT2D eigenvalue weighted by atomic mass is 32.2. The van der Waals surface area contributed by atoms with Gasteiger partial charge in [-0.1, -0.05) is 17.4 Å². The molecule has 1 aromatic heterocycles. The number of rotatable bonds is 7. The Balaban J connectivity index is 1.64. The fraction of sp³-hybridized carbons (Fsp3) is 0.364. The Morgan fingerprint density at radius 1 is 1.13 bits per heavy atom. The summed E-state index contributed by atoms with van der Waals surface area (Å²) < 4.78 is 6.57. The zero-order valence-corrected chi connectivity index (χ0v) is 19.6. The fourth-order valence-electron chi connectivity index (χ4n) is 3.43. The molecule has 1 fully saturated rings. The summed E-state index contributed by atoms with van der Waals surface area (Å²) in [6.45, 7) is 4.73. The van der Waals surface area contributed by atoms with Gasteiger partial charge in [-0.15, -0.1) is 23.5 Å². The summed E-state index contributed by atoms with van der Waals surface area (Å²) in [7, 11) is 0. The quantitative estimate of drug-likeness (QED) is 0.477. The van der Waals surface area contributed by atoms with Crippen LogP contribution in [0.3, 0.4) is 0 Å². The molecule has 158 valence electrons. The maximum Gasteiger partial charge on any atom is 0.260 e. The molecule has 0 aliphatic carbocycles. The van der Waals surface area contributed by atoms with Gasteiger partial charge in [-0.05, 0) is 48.9 Å². The summed E-state index contributed by atoms with van der Waals surface area (Å²) in [5.74, 6) is 0.000621. The summed E-state index contributed by atoms with van der Waals surface area (Å²) in [5, 5.41) is 0.763. The average Bonchev–Trinajstić information content (AvgIpc) is 3.24. The highest BCUT2D eigenvalue weighted by molar-refractivity contribution is 7.99. The Labute approximate surface area is 189 Å². The van der Waals surface area contributed by atoms with Gasteiger partial charge in [0.25, 0.3) is 5.91 Å². The number of benzene rings is 2. The predicted molar refractivity (Wildman–Crippen MR) is 129 cm³/mol. The molecule has 1 saturated heterocycles. The lowest BCUT2D eigenvalue weighted by Crippen LogP contribution is -2.43. The molecule has 0 radical (unpaired) electrons. The number of aromatic nitrogens is 1. The first-order valence-electron chi connectivity index (χ1n) is 9.89. The number of morpholine rings is 1. The number of hydrogen-bond donors (Lipinski definition) is 0. The van der Waals surface area contributed by atoms with Crippen LogP contribution in [0.1, 0.15) is 10.4 Å². The van der Waals surface area contributed by atoms with E-state index >= 15 is 0 Å². The van der Waals surface area contributed by atoms with Gasteiger partial charge in [-0.25, -0.2) is 4.98 Å². The lowest BCUT2D eigenvalue weighted by atomic mass is 10.2. The van der Waals surface area contributed by atoms with Gasteiger partial charge in [0.1, 0.15) is 0 Å². The van der Waals surface area contributed by atoms with Crippen molar-refractivity contribution in [1.82, 2.24) is 9.88 Å². The number of carbonyl (C=O) groups is 1. The van der Waals surface area contributed by atoms with Gasteiger partial charge < -0.3 is 4.74 Å². The van der Waals surface area contributed by atoms with Crippen molar-refractivity contribution in [3.8, 4) is 0 Å². The normalized spacial score (nSPS) is 14.9. The molecule has 8 heteroatoms. The lowest BCUT2D eigenvalue weighted by Gasteiger charge is -2.29. The molecule has 0 atom stereocenters. The molecule has 0 spiro atoms. The minimum absolute atomic E-state index is 0.000621. The van der Waals surface area contributed by atoms with Crippen LogP contribution in [0.15, 0.2) is 52.3 Å². The van der Waals surface area contributed by atoms with Gasteiger partial charge in [0, 0.05) is 41.5 Å². The Bertz CT molecular complexity index is 1000. The van der Waals surface area contributed by atoms with Gasteiger partial charge >= 0.3 is 0 Å². The van der Waals surface area contributed by atoms with E-state index in [1.54, 1.807) is 34.9 Å². The van der Waals surface area contributed by atoms with Crippen molar-refractivity contribution in [3.05, 3.63) is 48.0 Å². The lowest BCUT2D eigenvalue weighted by molar-refractivity contribution is 0.0391.